The number of hydrogen-bond acceptors (Lipinski definition) is 9. The van der Waals surface area contributed by atoms with Gasteiger partial charge in [-0.1, -0.05) is 20.8 Å². The summed E-state index contributed by atoms with van der Waals surface area (Å²) in [5.41, 5.74) is 0.377. The molecule has 3 aromatic rings. The fourth-order valence-electron chi connectivity index (χ4n) is 4.60. The number of anilines is 2. The summed E-state index contributed by atoms with van der Waals surface area (Å²) in [6.45, 7) is 12.4. The van der Waals surface area contributed by atoms with Gasteiger partial charge in [0.25, 0.3) is 11.5 Å². The van der Waals surface area contributed by atoms with Gasteiger partial charge < -0.3 is 14.7 Å². The molecule has 0 bridgehead atoms. The van der Waals surface area contributed by atoms with Crippen LogP contribution in [0.25, 0.3) is 11.7 Å². The number of aromatic nitrogens is 3. The summed E-state index contributed by atoms with van der Waals surface area (Å²) in [4.78, 5) is 61.6. The van der Waals surface area contributed by atoms with Crippen molar-refractivity contribution in [2.75, 3.05) is 23.3 Å². The van der Waals surface area contributed by atoms with Crippen LogP contribution in [0.2, 0.25) is 0 Å². The van der Waals surface area contributed by atoms with Crippen molar-refractivity contribution in [1.82, 2.24) is 14.4 Å². The molecule has 4 heterocycles. The lowest BCUT2D eigenvalue weighted by atomic mass is 9.93. The Morgan fingerprint density at radius 1 is 1.14 bits per heavy atom. The van der Waals surface area contributed by atoms with Crippen molar-refractivity contribution in [2.24, 2.45) is 5.92 Å². The van der Waals surface area contributed by atoms with Crippen LogP contribution in [0.5, 0.6) is 0 Å². The zero-order valence-corrected chi connectivity index (χ0v) is 25.6. The number of fused-ring (bicyclic) bond motifs is 1. The Morgan fingerprint density at radius 3 is 2.43 bits per heavy atom. The number of nitrogens with one attached hydrogen (secondary N) is 1. The first kappa shape index (κ1) is 30.9. The van der Waals surface area contributed by atoms with E-state index in [0.29, 0.717) is 42.4 Å². The van der Waals surface area contributed by atoms with Crippen LogP contribution < -0.4 is 15.8 Å². The number of esters is 1. The molecular weight excluding hydrogens is 558 g/mol. The van der Waals surface area contributed by atoms with Crippen molar-refractivity contribution < 1.29 is 24.2 Å². The summed E-state index contributed by atoms with van der Waals surface area (Å²) in [6, 6.07) is 3.07. The quantitative estimate of drug-likeness (QED) is 0.292. The van der Waals surface area contributed by atoms with E-state index in [-0.39, 0.29) is 34.9 Å². The number of pyridine rings is 1. The number of amides is 1. The van der Waals surface area contributed by atoms with E-state index in [1.54, 1.807) is 20.8 Å². The van der Waals surface area contributed by atoms with E-state index in [0.717, 1.165) is 5.69 Å². The molecule has 0 unspecified atom stereocenters. The molecule has 1 aliphatic rings. The van der Waals surface area contributed by atoms with Gasteiger partial charge in [0, 0.05) is 48.1 Å². The van der Waals surface area contributed by atoms with Crippen LogP contribution in [-0.4, -0.2) is 56.0 Å². The Hall–Kier alpha value is -4.06. The molecule has 11 nitrogen and oxygen atoms in total. The molecule has 0 saturated carbocycles. The molecule has 1 saturated heterocycles. The number of rotatable bonds is 7. The van der Waals surface area contributed by atoms with Crippen molar-refractivity contribution in [1.29, 1.82) is 0 Å². The van der Waals surface area contributed by atoms with E-state index >= 15 is 0 Å². The Labute approximate surface area is 248 Å². The van der Waals surface area contributed by atoms with Crippen molar-refractivity contribution in [2.45, 2.75) is 71.8 Å². The van der Waals surface area contributed by atoms with Gasteiger partial charge in [-0.15, -0.1) is 11.3 Å². The molecule has 0 spiro atoms. The zero-order chi connectivity index (χ0) is 30.8. The largest absolute Gasteiger partial charge is 0.481 e. The number of carbonyl (C=O) groups is 3. The molecule has 1 fully saturated rings. The number of ether oxygens (including phenoxy) is 1. The Bertz CT molecular complexity index is 1590. The molecule has 0 radical (unpaired) electrons. The van der Waals surface area contributed by atoms with Gasteiger partial charge >= 0.3 is 11.9 Å². The standard InChI is InChI=1S/C30H37N5O6S/c1-29(2,3)21-17-42-28(31-21)33-26(39)19-11-14-35-22(16-19)32-25(34-12-9-18(10-13-34)15-23(36)37)20(27(35)40)7-8-24(38)41-30(4,5)6/h7-8,11,14,16-18H,9-10,12-13,15H2,1-6H3,(H,36,37)(H,31,33,39). The maximum atomic E-state index is 13.7. The van der Waals surface area contributed by atoms with E-state index in [1.807, 2.05) is 31.1 Å². The molecule has 224 valence electrons. The average molecular weight is 596 g/mol. The molecule has 0 aromatic carbocycles. The van der Waals surface area contributed by atoms with Crippen molar-refractivity contribution in [3.05, 3.63) is 57.0 Å². The number of piperidine rings is 1. The highest BCUT2D eigenvalue weighted by Gasteiger charge is 2.26. The van der Waals surface area contributed by atoms with Crippen LogP contribution in [0, 0.1) is 5.92 Å². The summed E-state index contributed by atoms with van der Waals surface area (Å²) in [5.74, 6) is -1.43. The van der Waals surface area contributed by atoms with E-state index in [9.17, 15) is 24.3 Å². The fraction of sp³-hybridized carbons (Fsp3) is 0.467. The molecule has 3 aromatic heterocycles. The number of carboxylic acids is 1. The van der Waals surface area contributed by atoms with Gasteiger partial charge in [0.2, 0.25) is 0 Å². The van der Waals surface area contributed by atoms with Crippen LogP contribution in [-0.2, 0) is 19.7 Å². The Balaban J connectivity index is 1.69. The SMILES string of the molecule is CC(C)(C)OC(=O)C=Cc1c(N2CCC(CC(=O)O)CC2)nc2cc(C(=O)Nc3nc(C(C)(C)C)cs3)ccn2c1=O. The van der Waals surface area contributed by atoms with Crippen LogP contribution >= 0.6 is 11.3 Å². The van der Waals surface area contributed by atoms with Gasteiger partial charge in [0.05, 0.1) is 11.3 Å². The predicted molar refractivity (Wildman–Crippen MR) is 162 cm³/mol. The summed E-state index contributed by atoms with van der Waals surface area (Å²) in [5, 5.41) is 14.4. The number of carboxylic acid groups (broad SMARTS) is 1. The maximum Gasteiger partial charge on any atom is 0.331 e. The van der Waals surface area contributed by atoms with Crippen LogP contribution in [0.1, 0.15) is 82.4 Å². The molecule has 1 amide bonds. The molecule has 1 aliphatic heterocycles. The highest BCUT2D eigenvalue weighted by atomic mass is 32.1. The van der Waals surface area contributed by atoms with Crippen LogP contribution in [0.3, 0.4) is 0 Å². The van der Waals surface area contributed by atoms with E-state index in [4.69, 9.17) is 9.72 Å². The van der Waals surface area contributed by atoms with Crippen LogP contribution in [0.15, 0.2) is 34.6 Å². The van der Waals surface area contributed by atoms with Crippen molar-refractivity contribution in [3.63, 3.8) is 0 Å². The van der Waals surface area contributed by atoms with Crippen molar-refractivity contribution in [3.8, 4) is 0 Å². The Kier molecular flexibility index (Phi) is 8.86. The summed E-state index contributed by atoms with van der Waals surface area (Å²) < 4.78 is 6.69. The highest BCUT2D eigenvalue weighted by molar-refractivity contribution is 7.14. The minimum Gasteiger partial charge on any atom is -0.481 e. The number of carbonyl (C=O) groups excluding carboxylic acids is 2. The lowest BCUT2D eigenvalue weighted by Gasteiger charge is -2.33. The number of nitrogens with zero attached hydrogens (tertiary/aromatic N) is 4. The first-order valence-corrected chi connectivity index (χ1v) is 14.7. The smallest absolute Gasteiger partial charge is 0.331 e. The van der Waals surface area contributed by atoms with Gasteiger partial charge in [0.1, 0.15) is 17.1 Å². The van der Waals surface area contributed by atoms with Gasteiger partial charge in [-0.2, -0.15) is 0 Å². The second kappa shape index (κ2) is 12.0. The third-order valence-electron chi connectivity index (χ3n) is 6.77. The normalized spacial score (nSPS) is 14.9. The maximum absolute atomic E-state index is 13.7. The minimum absolute atomic E-state index is 0.0287. The first-order valence-electron chi connectivity index (χ1n) is 13.8. The second-order valence-corrected chi connectivity index (χ2v) is 13.3. The third-order valence-corrected chi connectivity index (χ3v) is 7.53. The molecular formula is C30H37N5O6S. The summed E-state index contributed by atoms with van der Waals surface area (Å²) in [6.07, 6.45) is 5.42. The second-order valence-electron chi connectivity index (χ2n) is 12.4. The lowest BCUT2D eigenvalue weighted by molar-refractivity contribution is -0.148. The molecule has 0 aliphatic carbocycles. The molecule has 42 heavy (non-hydrogen) atoms. The topological polar surface area (TPSA) is 143 Å². The third kappa shape index (κ3) is 7.61. The highest BCUT2D eigenvalue weighted by Crippen LogP contribution is 2.28. The number of thiazole rings is 1. The van der Waals surface area contributed by atoms with Gasteiger partial charge in [0.15, 0.2) is 5.13 Å². The number of aliphatic carboxylic acids is 1. The zero-order valence-electron chi connectivity index (χ0n) is 24.8. The van der Waals surface area contributed by atoms with E-state index in [1.165, 1.54) is 46.2 Å². The summed E-state index contributed by atoms with van der Waals surface area (Å²) in [7, 11) is 0. The van der Waals surface area contributed by atoms with Gasteiger partial charge in [-0.05, 0) is 57.7 Å². The molecule has 4 rings (SSSR count). The fourth-order valence-corrected chi connectivity index (χ4v) is 5.53. The van der Waals surface area contributed by atoms with Gasteiger partial charge in [-0.25, -0.2) is 14.8 Å². The Morgan fingerprint density at radius 2 is 1.83 bits per heavy atom. The minimum atomic E-state index is -0.838. The molecule has 0 atom stereocenters. The molecule has 2 N–H and O–H groups in total. The number of hydrogen-bond donors (Lipinski definition) is 2. The van der Waals surface area contributed by atoms with E-state index in [2.05, 4.69) is 10.3 Å². The molecule has 12 heteroatoms. The van der Waals surface area contributed by atoms with Crippen molar-refractivity contribution >= 4 is 51.9 Å². The predicted octanol–water partition coefficient (Wildman–Crippen LogP) is 4.75. The average Bonchev–Trinajstić information content (AvgIpc) is 3.36. The van der Waals surface area contributed by atoms with Crippen LogP contribution in [0.4, 0.5) is 10.9 Å². The first-order chi connectivity index (χ1) is 19.6. The monoisotopic (exact) mass is 595 g/mol. The summed E-state index contributed by atoms with van der Waals surface area (Å²) >= 11 is 1.34. The van der Waals surface area contributed by atoms with Gasteiger partial charge in [-0.3, -0.25) is 24.1 Å². The van der Waals surface area contributed by atoms with E-state index < -0.39 is 23.1 Å². The lowest BCUT2D eigenvalue weighted by Crippen LogP contribution is -2.37.